The molecule has 2 saturated heterocycles. The predicted octanol–water partition coefficient (Wildman–Crippen LogP) is 5.14. The number of piperazine rings is 2. The summed E-state index contributed by atoms with van der Waals surface area (Å²) in [5.74, 6) is 0. The van der Waals surface area contributed by atoms with Crippen LogP contribution in [0.1, 0.15) is 0 Å². The zero-order chi connectivity index (χ0) is 20.5. The monoisotopic (exact) mass is 641 g/mol. The number of pyridine rings is 1. The first kappa shape index (κ1) is 28.1. The number of fused-ring (bicyclic) bond motifs is 1. The predicted molar refractivity (Wildman–Crippen MR) is 158 cm³/mol. The van der Waals surface area contributed by atoms with Gasteiger partial charge >= 0.3 is 0 Å². The van der Waals surface area contributed by atoms with Crippen molar-refractivity contribution in [2.75, 3.05) is 76.3 Å². The van der Waals surface area contributed by atoms with Crippen LogP contribution in [0, 0.1) is 0 Å². The second-order valence-electron chi connectivity index (χ2n) is 8.67. The number of aromatic nitrogens is 1. The summed E-state index contributed by atoms with van der Waals surface area (Å²) >= 11 is 0. The number of hydrogen-bond acceptors (Lipinski definition) is 5. The van der Waals surface area contributed by atoms with Gasteiger partial charge in [-0.2, -0.15) is 0 Å². The molecule has 180 valence electrons. The van der Waals surface area contributed by atoms with Crippen molar-refractivity contribution in [2.24, 2.45) is 0 Å². The van der Waals surface area contributed by atoms with Gasteiger partial charge in [-0.25, -0.2) is 4.98 Å². The summed E-state index contributed by atoms with van der Waals surface area (Å²) in [5.41, 5.74) is 5.95. The lowest BCUT2D eigenvalue weighted by Crippen LogP contribution is -2.44. The zero-order valence-corrected chi connectivity index (χ0v) is 24.5. The van der Waals surface area contributed by atoms with E-state index in [0.29, 0.717) is 0 Å². The van der Waals surface area contributed by atoms with Gasteiger partial charge in [0.15, 0.2) is 0 Å². The van der Waals surface area contributed by atoms with Gasteiger partial charge in [-0.15, -0.1) is 50.9 Å². The topological polar surface area (TPSA) is 25.9 Å². The Labute approximate surface area is 229 Å². The van der Waals surface area contributed by atoms with Crippen LogP contribution in [0.3, 0.4) is 0 Å². The largest absolute Gasteiger partial charge is 0.369 e. The number of rotatable bonds is 3. The van der Waals surface area contributed by atoms with Crippen LogP contribution >= 0.6 is 50.9 Å². The quantitative estimate of drug-likeness (QED) is 0.394. The highest BCUT2D eigenvalue weighted by atomic mass is 79.9. The first-order chi connectivity index (χ1) is 14.7. The van der Waals surface area contributed by atoms with Gasteiger partial charge in [0.25, 0.3) is 0 Å². The van der Waals surface area contributed by atoms with Gasteiger partial charge in [0.2, 0.25) is 0 Å². The Hall–Kier alpha value is -1.19. The summed E-state index contributed by atoms with van der Waals surface area (Å²) < 4.78 is 0. The summed E-state index contributed by atoms with van der Waals surface area (Å²) in [6, 6.07) is 19.8. The maximum atomic E-state index is 5.01. The molecule has 33 heavy (non-hydrogen) atoms. The highest BCUT2D eigenvalue weighted by Crippen LogP contribution is 2.32. The minimum Gasteiger partial charge on any atom is -0.369 e. The van der Waals surface area contributed by atoms with E-state index < -0.39 is 0 Å². The average Bonchev–Trinajstić information content (AvgIpc) is 2.80. The zero-order valence-electron chi connectivity index (χ0n) is 19.3. The van der Waals surface area contributed by atoms with Crippen LogP contribution < -0.4 is 9.80 Å². The lowest BCUT2D eigenvalue weighted by atomic mass is 10.1. The van der Waals surface area contributed by atoms with E-state index in [-0.39, 0.29) is 50.9 Å². The fourth-order valence-corrected chi connectivity index (χ4v) is 4.52. The summed E-state index contributed by atoms with van der Waals surface area (Å²) in [6.45, 7) is 8.77. The van der Waals surface area contributed by atoms with Crippen molar-refractivity contribution in [2.45, 2.75) is 0 Å². The van der Waals surface area contributed by atoms with Crippen molar-refractivity contribution in [1.82, 2.24) is 14.8 Å². The van der Waals surface area contributed by atoms with Crippen LogP contribution in [-0.2, 0) is 0 Å². The van der Waals surface area contributed by atoms with E-state index in [4.69, 9.17) is 4.98 Å². The number of nitrogens with zero attached hydrogens (tertiary/aromatic N) is 5. The Kier molecular flexibility index (Phi) is 10.6. The normalized spacial score (nSPS) is 17.2. The van der Waals surface area contributed by atoms with Crippen molar-refractivity contribution < 1.29 is 0 Å². The second-order valence-corrected chi connectivity index (χ2v) is 8.67. The molecule has 3 aromatic rings. The van der Waals surface area contributed by atoms with Crippen LogP contribution in [0.5, 0.6) is 0 Å². The number of likely N-dealkylation sites (N-methyl/N-ethyl adjacent to an activating group) is 2. The van der Waals surface area contributed by atoms with Crippen molar-refractivity contribution in [3.05, 3.63) is 54.6 Å². The molecule has 2 aliphatic rings. The molecular weight excluding hydrogens is 610 g/mol. The number of benzene rings is 2. The third-order valence-corrected chi connectivity index (χ3v) is 6.57. The highest BCUT2D eigenvalue weighted by molar-refractivity contribution is 8.93. The molecule has 0 radical (unpaired) electrons. The molecule has 3 heterocycles. The molecule has 8 heteroatoms. The molecule has 0 aliphatic carbocycles. The van der Waals surface area contributed by atoms with Gasteiger partial charge in [-0.1, -0.05) is 30.3 Å². The first-order valence-electron chi connectivity index (χ1n) is 11.0. The smallest absolute Gasteiger partial charge is 0.0730 e. The van der Waals surface area contributed by atoms with Crippen LogP contribution in [0.25, 0.3) is 22.2 Å². The summed E-state index contributed by atoms with van der Waals surface area (Å²) in [5, 5.41) is 1.25. The SMILES string of the molecule is Br.Br.Br.CN1CCN(c2ccc(-c3cc(N4CCN(C)CC4)c4ccccc4n3)cc2)CC1. The lowest BCUT2D eigenvalue weighted by Gasteiger charge is -2.35. The summed E-state index contributed by atoms with van der Waals surface area (Å²) in [7, 11) is 4.40. The number of hydrogen-bond donors (Lipinski definition) is 0. The van der Waals surface area contributed by atoms with Crippen LogP contribution in [0.2, 0.25) is 0 Å². The Morgan fingerprint density at radius 1 is 0.636 bits per heavy atom. The molecule has 0 N–H and O–H groups in total. The Balaban J connectivity index is 0.00000128. The number of para-hydroxylation sites is 1. The molecule has 0 spiro atoms. The Bertz CT molecular complexity index is 1010. The van der Waals surface area contributed by atoms with Crippen molar-refractivity contribution in [3.8, 4) is 11.3 Å². The van der Waals surface area contributed by atoms with Crippen molar-refractivity contribution in [1.29, 1.82) is 0 Å². The van der Waals surface area contributed by atoms with Gasteiger partial charge < -0.3 is 19.6 Å². The Morgan fingerprint density at radius 2 is 1.18 bits per heavy atom. The van der Waals surface area contributed by atoms with Crippen LogP contribution in [0.15, 0.2) is 54.6 Å². The van der Waals surface area contributed by atoms with E-state index in [2.05, 4.69) is 88.3 Å². The van der Waals surface area contributed by atoms with Gasteiger partial charge in [0.1, 0.15) is 0 Å². The van der Waals surface area contributed by atoms with Crippen molar-refractivity contribution >= 4 is 73.2 Å². The van der Waals surface area contributed by atoms with E-state index in [1.165, 1.54) is 22.3 Å². The van der Waals surface area contributed by atoms with Gasteiger partial charge in [-0.05, 0) is 38.4 Å². The molecule has 0 bridgehead atoms. The molecule has 5 rings (SSSR count). The molecule has 0 unspecified atom stereocenters. The van der Waals surface area contributed by atoms with E-state index >= 15 is 0 Å². The molecule has 1 aromatic heterocycles. The van der Waals surface area contributed by atoms with Crippen LogP contribution in [-0.4, -0.2) is 81.2 Å². The minimum absolute atomic E-state index is 0. The maximum Gasteiger partial charge on any atom is 0.0730 e. The van der Waals surface area contributed by atoms with Crippen LogP contribution in [0.4, 0.5) is 11.4 Å². The second kappa shape index (κ2) is 12.5. The molecule has 0 saturated carbocycles. The first-order valence-corrected chi connectivity index (χ1v) is 11.0. The van der Waals surface area contributed by atoms with E-state index in [1.54, 1.807) is 0 Å². The van der Waals surface area contributed by atoms with Gasteiger partial charge in [-0.3, -0.25) is 0 Å². The van der Waals surface area contributed by atoms with E-state index in [1.807, 2.05) is 0 Å². The average molecular weight is 644 g/mol. The molecule has 2 aliphatic heterocycles. The fourth-order valence-electron chi connectivity index (χ4n) is 4.52. The lowest BCUT2D eigenvalue weighted by molar-refractivity contribution is 0.313. The molecule has 5 nitrogen and oxygen atoms in total. The molecule has 2 aromatic carbocycles. The molecule has 0 atom stereocenters. The van der Waals surface area contributed by atoms with Gasteiger partial charge in [0.05, 0.1) is 11.2 Å². The number of halogens is 3. The van der Waals surface area contributed by atoms with E-state index in [9.17, 15) is 0 Å². The fraction of sp³-hybridized carbons (Fsp3) is 0.400. The van der Waals surface area contributed by atoms with Gasteiger partial charge in [0, 0.05) is 74.7 Å². The minimum atomic E-state index is 0. The third-order valence-electron chi connectivity index (χ3n) is 6.57. The molecule has 2 fully saturated rings. The molecule has 0 amide bonds. The summed E-state index contributed by atoms with van der Waals surface area (Å²) in [4.78, 5) is 14.8. The third kappa shape index (κ3) is 6.28. The number of anilines is 2. The highest BCUT2D eigenvalue weighted by Gasteiger charge is 2.19. The summed E-state index contributed by atoms with van der Waals surface area (Å²) in [6.07, 6.45) is 0. The van der Waals surface area contributed by atoms with E-state index in [0.717, 1.165) is 63.6 Å². The maximum absolute atomic E-state index is 5.01. The molecular formula is C25H34Br3N5. The van der Waals surface area contributed by atoms with Crippen molar-refractivity contribution in [3.63, 3.8) is 0 Å². The standard InChI is InChI=1S/C25H31N5.3BrH/c1-27-11-15-29(16-12-27)21-9-7-20(8-10-21)24-19-25(30-17-13-28(2)14-18-30)22-5-3-4-6-23(22)26-24;;;/h3-10,19H,11-18H2,1-2H3;3*1H. The Morgan fingerprint density at radius 3 is 1.79 bits per heavy atom.